The van der Waals surface area contributed by atoms with Gasteiger partial charge in [-0.2, -0.15) is 4.72 Å². The number of halogens is 2. The van der Waals surface area contributed by atoms with Gasteiger partial charge in [0.15, 0.2) is 5.96 Å². The van der Waals surface area contributed by atoms with Gasteiger partial charge in [-0.1, -0.05) is 41.4 Å². The van der Waals surface area contributed by atoms with Crippen molar-refractivity contribution < 1.29 is 17.9 Å². The third-order valence-corrected chi connectivity index (χ3v) is 10.2. The predicted molar refractivity (Wildman–Crippen MR) is 183 cm³/mol. The number of sulfonamides is 1. The summed E-state index contributed by atoms with van der Waals surface area (Å²) < 4.78 is 35.8. The highest BCUT2D eigenvalue weighted by Crippen LogP contribution is 2.34. The van der Waals surface area contributed by atoms with Gasteiger partial charge in [-0.3, -0.25) is 9.79 Å². The molecule has 1 saturated heterocycles. The Morgan fingerprint density at radius 1 is 1.07 bits per heavy atom. The van der Waals surface area contributed by atoms with Crippen LogP contribution in [-0.4, -0.2) is 93.0 Å². The number of carbonyl (C=O) groups excluding carboxylic acids is 1. The van der Waals surface area contributed by atoms with Crippen LogP contribution in [-0.2, 0) is 21.4 Å². The van der Waals surface area contributed by atoms with Gasteiger partial charge in [0.05, 0.1) is 11.6 Å². The molecule has 3 aromatic rings. The first-order valence-electron chi connectivity index (χ1n) is 15.1. The van der Waals surface area contributed by atoms with E-state index in [2.05, 4.69) is 20.0 Å². The second-order valence-corrected chi connectivity index (χ2v) is 14.0. The summed E-state index contributed by atoms with van der Waals surface area (Å²) in [6.07, 6.45) is 0.898. The molecule has 1 amide bonds. The van der Waals surface area contributed by atoms with E-state index in [1.807, 2.05) is 36.1 Å². The Bertz CT molecular complexity index is 1680. The van der Waals surface area contributed by atoms with Crippen molar-refractivity contribution in [2.24, 2.45) is 16.5 Å². The molecule has 1 aromatic heterocycles. The van der Waals surface area contributed by atoms with Crippen LogP contribution in [0.1, 0.15) is 31.5 Å². The maximum absolute atomic E-state index is 13.6. The van der Waals surface area contributed by atoms with E-state index < -0.39 is 15.6 Å². The number of hydrogen-bond donors (Lipinski definition) is 4. The number of ether oxygens (including phenoxy) is 1. The van der Waals surface area contributed by atoms with E-state index in [9.17, 15) is 13.2 Å². The van der Waals surface area contributed by atoms with Crippen molar-refractivity contribution in [1.29, 1.82) is 0 Å². The van der Waals surface area contributed by atoms with Gasteiger partial charge in [0.25, 0.3) is 0 Å². The van der Waals surface area contributed by atoms with Crippen LogP contribution in [0.3, 0.4) is 0 Å². The van der Waals surface area contributed by atoms with Gasteiger partial charge >= 0.3 is 0 Å². The third kappa shape index (κ3) is 8.78. The molecule has 0 saturated carbocycles. The van der Waals surface area contributed by atoms with E-state index in [0.717, 1.165) is 24.0 Å². The zero-order chi connectivity index (χ0) is 33.5. The number of nitrogens with two attached hydrogens (primary N) is 2. The Morgan fingerprint density at radius 2 is 1.78 bits per heavy atom. The number of hydrogen-bond acceptors (Lipinski definition) is 8. The number of fused-ring (bicyclic) bond motifs is 1. The number of para-hydroxylation sites is 1. The molecule has 0 bridgehead atoms. The molecular formula is C31H42Cl2N8O4S. The Hall–Kier alpha value is -3.20. The van der Waals surface area contributed by atoms with Gasteiger partial charge in [-0.15, -0.1) is 0 Å². The number of amides is 1. The van der Waals surface area contributed by atoms with Crippen molar-refractivity contribution >= 4 is 56.0 Å². The lowest BCUT2D eigenvalue weighted by Crippen LogP contribution is -2.60. The van der Waals surface area contributed by atoms with Crippen molar-refractivity contribution in [2.45, 2.75) is 44.2 Å². The summed E-state index contributed by atoms with van der Waals surface area (Å²) >= 11 is 13.1. The average molecular weight is 694 g/mol. The average Bonchev–Trinajstić information content (AvgIpc) is 3.01. The molecule has 15 heteroatoms. The first-order chi connectivity index (χ1) is 21.8. The Kier molecular flexibility index (Phi) is 12.1. The number of carbonyl (C=O) groups is 1. The van der Waals surface area contributed by atoms with E-state index in [4.69, 9.17) is 39.4 Å². The zero-order valence-electron chi connectivity index (χ0n) is 26.4. The van der Waals surface area contributed by atoms with Crippen LogP contribution in [0.2, 0.25) is 10.0 Å². The highest BCUT2D eigenvalue weighted by molar-refractivity contribution is 7.89. The summed E-state index contributed by atoms with van der Waals surface area (Å²) in [5, 5.41) is 4.30. The molecular weight excluding hydrogens is 651 g/mol. The Morgan fingerprint density at radius 3 is 2.50 bits per heavy atom. The molecule has 0 spiro atoms. The van der Waals surface area contributed by atoms with Crippen molar-refractivity contribution in [3.63, 3.8) is 0 Å². The largest absolute Gasteiger partial charge is 0.487 e. The van der Waals surface area contributed by atoms with Gasteiger partial charge in [-0.05, 0) is 64.5 Å². The molecule has 0 aliphatic carbocycles. The minimum Gasteiger partial charge on any atom is -0.487 e. The number of guanidine groups is 1. The van der Waals surface area contributed by atoms with Gasteiger partial charge in [0.2, 0.25) is 15.9 Å². The van der Waals surface area contributed by atoms with Gasteiger partial charge in [-0.25, -0.2) is 13.4 Å². The fraction of sp³-hybridized carbons (Fsp3) is 0.452. The SMILES string of the molecule is Cc1ccc2cccc(OCc3c(Cl)ccc(S(=O)(=O)NC(C)(C)C(=O)N4CCN(C(N)=NCCNCCCN)CC4)c3Cl)c2n1. The van der Waals surface area contributed by atoms with Gasteiger partial charge in [0.1, 0.15) is 28.3 Å². The summed E-state index contributed by atoms with van der Waals surface area (Å²) in [6.45, 7) is 9.20. The van der Waals surface area contributed by atoms with Crippen LogP contribution in [0.4, 0.5) is 0 Å². The normalized spacial score (nSPS) is 14.6. The topological polar surface area (TPSA) is 168 Å². The molecule has 1 aliphatic heterocycles. The maximum Gasteiger partial charge on any atom is 0.243 e. The molecule has 2 heterocycles. The van der Waals surface area contributed by atoms with Crippen LogP contribution in [0.25, 0.3) is 10.9 Å². The number of nitrogens with one attached hydrogen (secondary N) is 2. The zero-order valence-corrected chi connectivity index (χ0v) is 28.7. The van der Waals surface area contributed by atoms with Crippen molar-refractivity contribution in [1.82, 2.24) is 24.8 Å². The van der Waals surface area contributed by atoms with E-state index in [1.165, 1.54) is 26.0 Å². The minimum atomic E-state index is -4.26. The lowest BCUT2D eigenvalue weighted by atomic mass is 10.0. The molecule has 250 valence electrons. The molecule has 1 fully saturated rings. The number of pyridine rings is 1. The van der Waals surface area contributed by atoms with E-state index in [-0.39, 0.29) is 27.5 Å². The van der Waals surface area contributed by atoms with E-state index >= 15 is 0 Å². The van der Waals surface area contributed by atoms with Crippen LogP contribution in [0.15, 0.2) is 52.4 Å². The number of rotatable bonds is 13. The quantitative estimate of drug-likeness (QED) is 0.120. The van der Waals surface area contributed by atoms with Crippen LogP contribution in [0.5, 0.6) is 5.75 Å². The Labute approximate surface area is 280 Å². The number of benzene rings is 2. The third-order valence-electron chi connectivity index (χ3n) is 7.57. The first kappa shape index (κ1) is 35.7. The molecule has 4 rings (SSSR count). The van der Waals surface area contributed by atoms with Crippen LogP contribution >= 0.6 is 23.2 Å². The second kappa shape index (κ2) is 15.6. The lowest BCUT2D eigenvalue weighted by Gasteiger charge is -2.39. The highest BCUT2D eigenvalue weighted by Gasteiger charge is 2.38. The van der Waals surface area contributed by atoms with Crippen LogP contribution < -0.4 is 26.2 Å². The monoisotopic (exact) mass is 692 g/mol. The number of nitrogens with zero attached hydrogens (tertiary/aromatic N) is 4. The Balaban J connectivity index is 1.40. The molecule has 0 unspecified atom stereocenters. The standard InChI is InChI=1S/C31H42Cl2N8O4S/c1-21-8-9-22-6-4-7-25(28(22)38-21)45-20-23-24(32)10-11-26(27(23)33)46(43,44)39-31(2,3)29(42)40-16-18-41(19-17-40)30(35)37-15-14-36-13-5-12-34/h4,6-11,36,39H,5,12-20,34H2,1-3H3,(H2,35,37). The number of aryl methyl sites for hydroxylation is 1. The summed E-state index contributed by atoms with van der Waals surface area (Å²) in [5.41, 5.74) is 12.0. The summed E-state index contributed by atoms with van der Waals surface area (Å²) in [4.78, 5) is 25.8. The van der Waals surface area contributed by atoms with Gasteiger partial charge < -0.3 is 31.3 Å². The number of aromatic nitrogens is 1. The van der Waals surface area contributed by atoms with E-state index in [1.54, 1.807) is 11.0 Å². The fourth-order valence-corrected chi connectivity index (χ4v) is 7.33. The fourth-order valence-electron chi connectivity index (χ4n) is 5.07. The first-order valence-corrected chi connectivity index (χ1v) is 17.3. The molecule has 0 radical (unpaired) electrons. The molecule has 1 aliphatic rings. The molecule has 6 N–H and O–H groups in total. The van der Waals surface area contributed by atoms with Crippen molar-refractivity contribution in [3.8, 4) is 5.75 Å². The smallest absolute Gasteiger partial charge is 0.243 e. The summed E-state index contributed by atoms with van der Waals surface area (Å²) in [6, 6.07) is 12.2. The lowest BCUT2D eigenvalue weighted by molar-refractivity contribution is -0.137. The minimum absolute atomic E-state index is 0.0921. The molecule has 12 nitrogen and oxygen atoms in total. The van der Waals surface area contributed by atoms with Gasteiger partial charge in [0, 0.05) is 54.4 Å². The number of aliphatic imine (C=N–C) groups is 1. The van der Waals surface area contributed by atoms with Crippen LogP contribution in [0, 0.1) is 6.92 Å². The summed E-state index contributed by atoms with van der Waals surface area (Å²) in [7, 11) is -4.26. The molecule has 46 heavy (non-hydrogen) atoms. The highest BCUT2D eigenvalue weighted by atomic mass is 35.5. The number of piperazine rings is 1. The second-order valence-electron chi connectivity index (χ2n) is 11.5. The van der Waals surface area contributed by atoms with E-state index in [0.29, 0.717) is 68.6 Å². The van der Waals surface area contributed by atoms with Crippen molar-refractivity contribution in [3.05, 3.63) is 63.8 Å². The predicted octanol–water partition coefficient (Wildman–Crippen LogP) is 2.88. The molecule has 0 atom stereocenters. The maximum atomic E-state index is 13.6. The summed E-state index contributed by atoms with van der Waals surface area (Å²) in [5.74, 6) is 0.550. The molecule has 2 aromatic carbocycles. The van der Waals surface area contributed by atoms with Crippen molar-refractivity contribution in [2.75, 3.05) is 52.4 Å².